The van der Waals surface area contributed by atoms with E-state index in [-0.39, 0.29) is 5.92 Å². The fourth-order valence-electron chi connectivity index (χ4n) is 3.62. The van der Waals surface area contributed by atoms with E-state index in [1.807, 2.05) is 13.8 Å². The fraction of sp³-hybridized carbons (Fsp3) is 0.947. The average molecular weight is 340 g/mol. The first-order valence-electron chi connectivity index (χ1n) is 9.78. The normalized spacial score (nSPS) is 22.6. The molecule has 140 valence electrons. The second kappa shape index (κ2) is 9.85. The second-order valence-corrected chi connectivity index (χ2v) is 7.93. The Bertz CT molecular complexity index is 371. The van der Waals surface area contributed by atoms with E-state index >= 15 is 0 Å². The van der Waals surface area contributed by atoms with Gasteiger partial charge in [-0.2, -0.15) is 0 Å². The Labute approximate surface area is 148 Å². The first kappa shape index (κ1) is 19.8. The topological polar surface area (TPSA) is 36.0 Å². The van der Waals surface area contributed by atoms with Crippen LogP contribution in [-0.2, 0) is 9.53 Å². The van der Waals surface area contributed by atoms with Crippen LogP contribution in [0, 0.1) is 5.92 Å². The molecule has 2 saturated heterocycles. The monoisotopic (exact) mass is 339 g/mol. The second-order valence-electron chi connectivity index (χ2n) is 7.93. The van der Waals surface area contributed by atoms with Gasteiger partial charge in [0.15, 0.2) is 0 Å². The molecule has 0 atom stereocenters. The number of rotatable bonds is 8. The SMILES string of the molecule is CC(C)OCCN1CCC(N2CCN(CC(=O)C(C)C)CC2)CC1. The molecule has 2 fully saturated rings. The lowest BCUT2D eigenvalue weighted by Gasteiger charge is -2.42. The maximum absolute atomic E-state index is 11.9. The maximum Gasteiger partial charge on any atom is 0.149 e. The lowest BCUT2D eigenvalue weighted by Crippen LogP contribution is -2.54. The van der Waals surface area contributed by atoms with E-state index in [9.17, 15) is 4.79 Å². The molecule has 0 aliphatic carbocycles. The molecule has 2 heterocycles. The van der Waals surface area contributed by atoms with Crippen LogP contribution in [0.5, 0.6) is 0 Å². The number of piperidine rings is 1. The van der Waals surface area contributed by atoms with E-state index in [1.54, 1.807) is 0 Å². The lowest BCUT2D eigenvalue weighted by molar-refractivity contribution is -0.123. The van der Waals surface area contributed by atoms with E-state index < -0.39 is 0 Å². The summed E-state index contributed by atoms with van der Waals surface area (Å²) in [6.45, 7) is 17.5. The minimum absolute atomic E-state index is 0.159. The van der Waals surface area contributed by atoms with Crippen LogP contribution in [-0.4, -0.2) is 91.6 Å². The van der Waals surface area contributed by atoms with Crippen LogP contribution < -0.4 is 0 Å². The summed E-state index contributed by atoms with van der Waals surface area (Å²) in [7, 11) is 0. The Kier molecular flexibility index (Phi) is 8.14. The van der Waals surface area contributed by atoms with E-state index in [2.05, 4.69) is 28.5 Å². The lowest BCUT2D eigenvalue weighted by atomic mass is 10.0. The molecule has 0 aromatic heterocycles. The third-order valence-electron chi connectivity index (χ3n) is 5.36. The Hall–Kier alpha value is -0.490. The summed E-state index contributed by atoms with van der Waals surface area (Å²) >= 11 is 0. The molecule has 0 saturated carbocycles. The van der Waals surface area contributed by atoms with Crippen LogP contribution in [0.2, 0.25) is 0 Å². The van der Waals surface area contributed by atoms with Crippen molar-refractivity contribution in [1.29, 1.82) is 0 Å². The van der Waals surface area contributed by atoms with Crippen molar-refractivity contribution in [3.05, 3.63) is 0 Å². The number of piperazine rings is 1. The summed E-state index contributed by atoms with van der Waals surface area (Å²) in [5.74, 6) is 0.535. The van der Waals surface area contributed by atoms with E-state index in [0.29, 0.717) is 18.4 Å². The Morgan fingerprint density at radius 1 is 0.958 bits per heavy atom. The van der Waals surface area contributed by atoms with Crippen LogP contribution >= 0.6 is 0 Å². The summed E-state index contributed by atoms with van der Waals surface area (Å²) < 4.78 is 5.66. The van der Waals surface area contributed by atoms with Gasteiger partial charge in [0.05, 0.1) is 19.3 Å². The fourth-order valence-corrected chi connectivity index (χ4v) is 3.62. The number of ether oxygens (including phenoxy) is 1. The van der Waals surface area contributed by atoms with Crippen molar-refractivity contribution in [3.8, 4) is 0 Å². The van der Waals surface area contributed by atoms with Crippen molar-refractivity contribution in [2.24, 2.45) is 5.92 Å². The summed E-state index contributed by atoms with van der Waals surface area (Å²) in [6.07, 6.45) is 2.88. The van der Waals surface area contributed by atoms with Gasteiger partial charge >= 0.3 is 0 Å². The van der Waals surface area contributed by atoms with Crippen molar-refractivity contribution in [3.63, 3.8) is 0 Å². The zero-order valence-corrected chi connectivity index (χ0v) is 16.2. The van der Waals surface area contributed by atoms with Gasteiger partial charge in [-0.25, -0.2) is 0 Å². The Morgan fingerprint density at radius 3 is 2.12 bits per heavy atom. The molecular formula is C19H37N3O2. The minimum atomic E-state index is 0.159. The largest absolute Gasteiger partial charge is 0.377 e. The number of carbonyl (C=O) groups is 1. The highest BCUT2D eigenvalue weighted by molar-refractivity contribution is 5.82. The van der Waals surface area contributed by atoms with Crippen molar-refractivity contribution in [2.45, 2.75) is 52.7 Å². The van der Waals surface area contributed by atoms with Gasteiger partial charge in [0.2, 0.25) is 0 Å². The predicted molar refractivity (Wildman–Crippen MR) is 98.4 cm³/mol. The van der Waals surface area contributed by atoms with Gasteiger partial charge in [0.25, 0.3) is 0 Å². The highest BCUT2D eigenvalue weighted by Gasteiger charge is 2.28. The first-order chi connectivity index (χ1) is 11.5. The Morgan fingerprint density at radius 2 is 1.58 bits per heavy atom. The minimum Gasteiger partial charge on any atom is -0.377 e. The first-order valence-corrected chi connectivity index (χ1v) is 9.78. The zero-order valence-electron chi connectivity index (χ0n) is 16.2. The van der Waals surface area contributed by atoms with Crippen molar-refractivity contribution in [1.82, 2.24) is 14.7 Å². The highest BCUT2D eigenvalue weighted by Crippen LogP contribution is 2.18. The standard InChI is InChI=1S/C19H37N3O2/c1-16(2)19(23)15-21-9-11-22(12-10-21)18-5-7-20(8-6-18)13-14-24-17(3)4/h16-18H,5-15H2,1-4H3. The van der Waals surface area contributed by atoms with Gasteiger partial charge in [0, 0.05) is 44.7 Å². The highest BCUT2D eigenvalue weighted by atomic mass is 16.5. The van der Waals surface area contributed by atoms with Crippen LogP contribution in [0.3, 0.4) is 0 Å². The van der Waals surface area contributed by atoms with Gasteiger partial charge in [-0.05, 0) is 39.8 Å². The molecule has 0 unspecified atom stereocenters. The Balaban J connectivity index is 1.63. The molecule has 0 spiro atoms. The van der Waals surface area contributed by atoms with Crippen LogP contribution in [0.4, 0.5) is 0 Å². The summed E-state index contributed by atoms with van der Waals surface area (Å²) in [5, 5.41) is 0. The smallest absolute Gasteiger partial charge is 0.149 e. The number of hydrogen-bond acceptors (Lipinski definition) is 5. The van der Waals surface area contributed by atoms with Gasteiger partial charge < -0.3 is 9.64 Å². The molecule has 0 radical (unpaired) electrons. The summed E-state index contributed by atoms with van der Waals surface area (Å²) in [5.41, 5.74) is 0. The number of hydrogen-bond donors (Lipinski definition) is 0. The molecule has 0 aromatic carbocycles. The predicted octanol–water partition coefficient (Wildman–Crippen LogP) is 1.72. The molecule has 2 aliphatic heterocycles. The molecule has 2 rings (SSSR count). The summed E-state index contributed by atoms with van der Waals surface area (Å²) in [4.78, 5) is 19.4. The molecule has 5 heteroatoms. The molecule has 0 aromatic rings. The third-order valence-corrected chi connectivity index (χ3v) is 5.36. The van der Waals surface area contributed by atoms with Crippen LogP contribution in [0.15, 0.2) is 0 Å². The van der Waals surface area contributed by atoms with Gasteiger partial charge in [-0.1, -0.05) is 13.8 Å². The zero-order chi connectivity index (χ0) is 17.5. The molecule has 0 amide bonds. The number of ketones is 1. The van der Waals surface area contributed by atoms with Crippen molar-refractivity contribution < 1.29 is 9.53 Å². The molecule has 2 aliphatic rings. The van der Waals surface area contributed by atoms with Gasteiger partial charge in [-0.3, -0.25) is 14.6 Å². The van der Waals surface area contributed by atoms with E-state index in [1.165, 1.54) is 25.9 Å². The molecule has 0 N–H and O–H groups in total. The summed E-state index contributed by atoms with van der Waals surface area (Å²) in [6, 6.07) is 0.732. The number of likely N-dealkylation sites (tertiary alicyclic amines) is 1. The van der Waals surface area contributed by atoms with Crippen molar-refractivity contribution >= 4 is 5.78 Å². The number of nitrogens with zero attached hydrogens (tertiary/aromatic N) is 3. The van der Waals surface area contributed by atoms with Gasteiger partial charge in [-0.15, -0.1) is 0 Å². The average Bonchev–Trinajstić information content (AvgIpc) is 2.56. The molecular weight excluding hydrogens is 302 g/mol. The molecule has 5 nitrogen and oxygen atoms in total. The van der Waals surface area contributed by atoms with Crippen molar-refractivity contribution in [2.75, 3.05) is 59.0 Å². The quantitative estimate of drug-likeness (QED) is 0.673. The maximum atomic E-state index is 11.9. The van der Waals surface area contributed by atoms with Gasteiger partial charge in [0.1, 0.15) is 5.78 Å². The van der Waals surface area contributed by atoms with E-state index in [0.717, 1.165) is 45.4 Å². The van der Waals surface area contributed by atoms with Crippen LogP contribution in [0.25, 0.3) is 0 Å². The van der Waals surface area contributed by atoms with Crippen LogP contribution in [0.1, 0.15) is 40.5 Å². The third kappa shape index (κ3) is 6.43. The number of carbonyl (C=O) groups excluding carboxylic acids is 1. The van der Waals surface area contributed by atoms with E-state index in [4.69, 9.17) is 4.74 Å². The molecule has 24 heavy (non-hydrogen) atoms. The number of Topliss-reactive ketones (excluding diaryl/α,β-unsaturated/α-hetero) is 1. The molecule has 0 bridgehead atoms.